The lowest BCUT2D eigenvalue weighted by molar-refractivity contribution is 0.414. The topological polar surface area (TPSA) is 73.0 Å². The molecular weight excluding hydrogens is 336 g/mol. The van der Waals surface area contributed by atoms with E-state index >= 15 is 0 Å². The maximum absolute atomic E-state index is 5.31. The number of rotatable bonds is 5. The standard InChI is InChI=1S/C17H20N6OS/c1-11-15(12(2)22(3)21-11)10-18-23-16(19-20-17(23)25)9-13-5-7-14(24-4)8-6-13/h5-8,10H,9H2,1-4H3,(H,20,25)/b18-10-. The average Bonchev–Trinajstić information content (AvgIpc) is 3.06. The van der Waals surface area contributed by atoms with Crippen LogP contribution in [0.3, 0.4) is 0 Å². The quantitative estimate of drug-likeness (QED) is 0.563. The van der Waals surface area contributed by atoms with Gasteiger partial charge in [-0.2, -0.15) is 20.0 Å². The molecule has 0 unspecified atom stereocenters. The molecule has 130 valence electrons. The van der Waals surface area contributed by atoms with Crippen molar-refractivity contribution in [3.8, 4) is 5.75 Å². The van der Waals surface area contributed by atoms with E-state index in [1.807, 2.05) is 49.8 Å². The van der Waals surface area contributed by atoms with Crippen LogP contribution in [0.25, 0.3) is 0 Å². The van der Waals surface area contributed by atoms with Gasteiger partial charge >= 0.3 is 0 Å². The Morgan fingerprint density at radius 1 is 1.28 bits per heavy atom. The van der Waals surface area contributed by atoms with Crippen LogP contribution >= 0.6 is 12.2 Å². The molecule has 3 rings (SSSR count). The minimum absolute atomic E-state index is 0.457. The van der Waals surface area contributed by atoms with E-state index < -0.39 is 0 Å². The van der Waals surface area contributed by atoms with Crippen molar-refractivity contribution in [2.24, 2.45) is 12.1 Å². The van der Waals surface area contributed by atoms with Gasteiger partial charge < -0.3 is 4.74 Å². The van der Waals surface area contributed by atoms with Gasteiger partial charge in [0.15, 0.2) is 5.82 Å². The lowest BCUT2D eigenvalue weighted by Crippen LogP contribution is -2.01. The van der Waals surface area contributed by atoms with Crippen molar-refractivity contribution >= 4 is 18.4 Å². The Kier molecular flexibility index (Phi) is 4.80. The van der Waals surface area contributed by atoms with Crippen LogP contribution in [-0.2, 0) is 13.5 Å². The first-order valence-electron chi connectivity index (χ1n) is 7.83. The number of nitrogens with zero attached hydrogens (tertiary/aromatic N) is 5. The predicted molar refractivity (Wildman–Crippen MR) is 98.9 cm³/mol. The minimum atomic E-state index is 0.457. The van der Waals surface area contributed by atoms with E-state index in [9.17, 15) is 0 Å². The van der Waals surface area contributed by atoms with Crippen molar-refractivity contribution in [2.75, 3.05) is 7.11 Å². The molecule has 0 saturated carbocycles. The Morgan fingerprint density at radius 2 is 2.00 bits per heavy atom. The summed E-state index contributed by atoms with van der Waals surface area (Å²) in [4.78, 5) is 0. The summed E-state index contributed by atoms with van der Waals surface area (Å²) in [5.74, 6) is 1.56. The number of methoxy groups -OCH3 is 1. The zero-order valence-electron chi connectivity index (χ0n) is 14.6. The van der Waals surface area contributed by atoms with Crippen LogP contribution in [0.2, 0.25) is 0 Å². The molecule has 0 aliphatic carbocycles. The average molecular weight is 356 g/mol. The van der Waals surface area contributed by atoms with Crippen molar-refractivity contribution in [1.82, 2.24) is 24.7 Å². The molecule has 0 bridgehead atoms. The Labute approximate surface area is 151 Å². The highest BCUT2D eigenvalue weighted by molar-refractivity contribution is 7.71. The fourth-order valence-electron chi connectivity index (χ4n) is 2.58. The maximum Gasteiger partial charge on any atom is 0.216 e. The summed E-state index contributed by atoms with van der Waals surface area (Å²) in [5, 5.41) is 16.0. The fourth-order valence-corrected chi connectivity index (χ4v) is 2.77. The number of nitrogens with one attached hydrogen (secondary N) is 1. The first kappa shape index (κ1) is 17.1. The van der Waals surface area contributed by atoms with Crippen LogP contribution in [0, 0.1) is 18.6 Å². The summed E-state index contributed by atoms with van der Waals surface area (Å²) < 4.78 is 9.12. The maximum atomic E-state index is 5.31. The Balaban J connectivity index is 1.88. The van der Waals surface area contributed by atoms with Gasteiger partial charge in [0, 0.05) is 24.7 Å². The van der Waals surface area contributed by atoms with Gasteiger partial charge in [-0.1, -0.05) is 12.1 Å². The summed E-state index contributed by atoms with van der Waals surface area (Å²) in [6.45, 7) is 3.97. The molecule has 7 nitrogen and oxygen atoms in total. The lowest BCUT2D eigenvalue weighted by atomic mass is 10.1. The highest BCUT2D eigenvalue weighted by Gasteiger charge is 2.09. The van der Waals surface area contributed by atoms with Gasteiger partial charge in [-0.05, 0) is 43.8 Å². The molecule has 0 spiro atoms. The number of aryl methyl sites for hydroxylation is 2. The number of aromatic amines is 1. The van der Waals surface area contributed by atoms with Gasteiger partial charge in [0.1, 0.15) is 5.75 Å². The Morgan fingerprint density at radius 3 is 2.60 bits per heavy atom. The first-order chi connectivity index (χ1) is 12.0. The van der Waals surface area contributed by atoms with Gasteiger partial charge in [0.2, 0.25) is 4.77 Å². The van der Waals surface area contributed by atoms with Crippen molar-refractivity contribution in [3.05, 3.63) is 57.4 Å². The molecule has 0 amide bonds. The Bertz CT molecular complexity index is 964. The normalized spacial score (nSPS) is 11.4. The molecule has 1 aromatic carbocycles. The summed E-state index contributed by atoms with van der Waals surface area (Å²) in [5.41, 5.74) is 4.06. The molecule has 2 aromatic heterocycles. The second kappa shape index (κ2) is 7.02. The molecule has 0 aliphatic rings. The van der Waals surface area contributed by atoms with Gasteiger partial charge in [-0.15, -0.1) is 0 Å². The van der Waals surface area contributed by atoms with Gasteiger partial charge in [-0.3, -0.25) is 9.78 Å². The van der Waals surface area contributed by atoms with Crippen LogP contribution in [0.4, 0.5) is 0 Å². The zero-order valence-corrected chi connectivity index (χ0v) is 15.5. The number of H-pyrrole nitrogens is 1. The summed E-state index contributed by atoms with van der Waals surface area (Å²) in [6.07, 6.45) is 2.39. The second-order valence-corrected chi connectivity index (χ2v) is 6.12. The second-order valence-electron chi connectivity index (χ2n) is 5.73. The Hall–Kier alpha value is -2.74. The predicted octanol–water partition coefficient (Wildman–Crippen LogP) is 2.77. The molecule has 25 heavy (non-hydrogen) atoms. The SMILES string of the molecule is COc1ccc(Cc2n[nH]c(=S)n2/N=C\c2c(C)nn(C)c2C)cc1. The molecule has 1 N–H and O–H groups in total. The molecule has 0 atom stereocenters. The number of hydrogen-bond acceptors (Lipinski definition) is 5. The molecule has 3 aromatic rings. The van der Waals surface area contributed by atoms with Crippen LogP contribution in [0.5, 0.6) is 5.75 Å². The molecule has 0 radical (unpaired) electrons. The number of aromatic nitrogens is 5. The zero-order chi connectivity index (χ0) is 18.0. The van der Waals surface area contributed by atoms with Crippen molar-refractivity contribution in [2.45, 2.75) is 20.3 Å². The highest BCUT2D eigenvalue weighted by atomic mass is 32.1. The van der Waals surface area contributed by atoms with Crippen LogP contribution in [-0.4, -0.2) is 38.0 Å². The largest absolute Gasteiger partial charge is 0.497 e. The third-order valence-corrected chi connectivity index (χ3v) is 4.37. The van der Waals surface area contributed by atoms with Gasteiger partial charge in [0.05, 0.1) is 19.0 Å². The van der Waals surface area contributed by atoms with Crippen molar-refractivity contribution < 1.29 is 4.74 Å². The van der Waals surface area contributed by atoms with Gasteiger partial charge in [-0.25, -0.2) is 0 Å². The van der Waals surface area contributed by atoms with Gasteiger partial charge in [0.25, 0.3) is 0 Å². The molecule has 8 heteroatoms. The highest BCUT2D eigenvalue weighted by Crippen LogP contribution is 2.15. The molecule has 0 aliphatic heterocycles. The molecule has 0 saturated heterocycles. The first-order valence-corrected chi connectivity index (χ1v) is 8.24. The van der Waals surface area contributed by atoms with E-state index in [1.54, 1.807) is 18.0 Å². The smallest absolute Gasteiger partial charge is 0.216 e. The number of ether oxygens (including phenoxy) is 1. The van der Waals surface area contributed by atoms with E-state index in [0.717, 1.165) is 34.1 Å². The van der Waals surface area contributed by atoms with E-state index in [1.165, 1.54) is 0 Å². The molecule has 2 heterocycles. The minimum Gasteiger partial charge on any atom is -0.497 e. The lowest BCUT2D eigenvalue weighted by Gasteiger charge is -2.03. The van der Waals surface area contributed by atoms with E-state index in [-0.39, 0.29) is 0 Å². The van der Waals surface area contributed by atoms with Crippen molar-refractivity contribution in [3.63, 3.8) is 0 Å². The molecule has 0 fully saturated rings. The number of hydrogen-bond donors (Lipinski definition) is 1. The number of benzene rings is 1. The van der Waals surface area contributed by atoms with E-state index in [0.29, 0.717) is 11.2 Å². The third kappa shape index (κ3) is 3.53. The van der Waals surface area contributed by atoms with E-state index in [4.69, 9.17) is 17.0 Å². The summed E-state index contributed by atoms with van der Waals surface area (Å²) >= 11 is 5.31. The monoisotopic (exact) mass is 356 g/mol. The van der Waals surface area contributed by atoms with Crippen LogP contribution in [0.15, 0.2) is 29.4 Å². The summed E-state index contributed by atoms with van der Waals surface area (Å²) in [6, 6.07) is 7.85. The summed E-state index contributed by atoms with van der Waals surface area (Å²) in [7, 11) is 3.57. The van der Waals surface area contributed by atoms with Crippen LogP contribution < -0.4 is 4.74 Å². The third-order valence-electron chi connectivity index (χ3n) is 4.11. The van der Waals surface area contributed by atoms with Crippen LogP contribution in [0.1, 0.15) is 28.3 Å². The molecular formula is C17H20N6OS. The van der Waals surface area contributed by atoms with Crippen molar-refractivity contribution in [1.29, 1.82) is 0 Å². The fraction of sp³-hybridized carbons (Fsp3) is 0.294. The van der Waals surface area contributed by atoms with E-state index in [2.05, 4.69) is 20.4 Å².